The van der Waals surface area contributed by atoms with E-state index >= 15 is 0 Å². The first-order chi connectivity index (χ1) is 8.74. The van der Waals surface area contributed by atoms with E-state index in [0.717, 1.165) is 12.8 Å². The highest BCUT2D eigenvalue weighted by atomic mass is 32.2. The molecule has 0 aromatic carbocycles. The molecule has 2 atom stereocenters. The molecular weight excluding hydrogens is 248 g/mol. The van der Waals surface area contributed by atoms with Gasteiger partial charge in [0.1, 0.15) is 0 Å². The lowest BCUT2D eigenvalue weighted by molar-refractivity contribution is 0.0938. The summed E-state index contributed by atoms with van der Waals surface area (Å²) in [5.41, 5.74) is 3.59. The molecule has 1 fully saturated rings. The van der Waals surface area contributed by atoms with Crippen molar-refractivity contribution in [2.24, 2.45) is 5.84 Å². The van der Waals surface area contributed by atoms with Gasteiger partial charge in [-0.2, -0.15) is 11.8 Å². The molecule has 1 aromatic rings. The van der Waals surface area contributed by atoms with Gasteiger partial charge in [-0.1, -0.05) is 0 Å². The van der Waals surface area contributed by atoms with Crippen molar-refractivity contribution in [3.8, 4) is 0 Å². The second kappa shape index (κ2) is 6.06. The van der Waals surface area contributed by atoms with Gasteiger partial charge >= 0.3 is 0 Å². The first kappa shape index (κ1) is 13.2. The number of pyridine rings is 1. The van der Waals surface area contributed by atoms with Crippen LogP contribution in [0.1, 0.15) is 29.6 Å². The van der Waals surface area contributed by atoms with Gasteiger partial charge in [-0.25, -0.2) is 0 Å². The standard InChI is InChI=1S/C12H18N4OS/c1-18-9-3-2-8(6-9)15-12(17)10-4-5-14-7-11(10)16-13/h4-5,7-9,16H,2-3,6,13H2,1H3,(H,15,17). The number of aromatic nitrogens is 1. The second-order valence-corrected chi connectivity index (χ2v) is 5.54. The van der Waals surface area contributed by atoms with Crippen LogP contribution in [0.25, 0.3) is 0 Å². The van der Waals surface area contributed by atoms with Crippen LogP contribution in [0.2, 0.25) is 0 Å². The number of rotatable bonds is 4. The number of hydrazine groups is 1. The monoisotopic (exact) mass is 266 g/mol. The Morgan fingerprint density at radius 1 is 1.56 bits per heavy atom. The minimum Gasteiger partial charge on any atom is -0.349 e. The molecule has 0 spiro atoms. The number of carbonyl (C=O) groups is 1. The fourth-order valence-corrected chi connectivity index (χ4v) is 3.05. The lowest BCUT2D eigenvalue weighted by atomic mass is 10.2. The summed E-state index contributed by atoms with van der Waals surface area (Å²) in [6, 6.07) is 1.94. The van der Waals surface area contributed by atoms with Crippen LogP contribution in [0, 0.1) is 0 Å². The highest BCUT2D eigenvalue weighted by molar-refractivity contribution is 7.99. The first-order valence-corrected chi connectivity index (χ1v) is 7.27. The number of nitrogen functional groups attached to an aromatic ring is 1. The van der Waals surface area contributed by atoms with Crippen LogP contribution in [0.3, 0.4) is 0 Å². The fraction of sp³-hybridized carbons (Fsp3) is 0.500. The normalized spacial score (nSPS) is 22.8. The minimum absolute atomic E-state index is 0.0860. The number of nitrogens with two attached hydrogens (primary N) is 1. The average molecular weight is 266 g/mol. The Labute approximate surface area is 111 Å². The Balaban J connectivity index is 2.00. The van der Waals surface area contributed by atoms with Crippen LogP contribution < -0.4 is 16.6 Å². The Kier molecular flexibility index (Phi) is 4.43. The van der Waals surface area contributed by atoms with Crippen molar-refractivity contribution in [2.75, 3.05) is 11.7 Å². The van der Waals surface area contributed by atoms with Crippen molar-refractivity contribution in [1.29, 1.82) is 0 Å². The summed E-state index contributed by atoms with van der Waals surface area (Å²) < 4.78 is 0. The van der Waals surface area contributed by atoms with E-state index in [0.29, 0.717) is 16.5 Å². The van der Waals surface area contributed by atoms with Crippen LogP contribution in [0.5, 0.6) is 0 Å². The van der Waals surface area contributed by atoms with Gasteiger partial charge in [-0.15, -0.1) is 0 Å². The van der Waals surface area contributed by atoms with Crippen molar-refractivity contribution in [1.82, 2.24) is 10.3 Å². The van der Waals surface area contributed by atoms with Gasteiger partial charge in [0.05, 0.1) is 17.4 Å². The van der Waals surface area contributed by atoms with Gasteiger partial charge in [0.25, 0.3) is 5.91 Å². The molecule has 0 radical (unpaired) electrons. The zero-order chi connectivity index (χ0) is 13.0. The lowest BCUT2D eigenvalue weighted by Crippen LogP contribution is -2.33. The van der Waals surface area contributed by atoms with E-state index in [1.165, 1.54) is 6.42 Å². The van der Waals surface area contributed by atoms with E-state index < -0.39 is 0 Å². The molecule has 0 bridgehead atoms. The molecule has 1 saturated carbocycles. The van der Waals surface area contributed by atoms with E-state index in [2.05, 4.69) is 22.0 Å². The Hall–Kier alpha value is -1.27. The van der Waals surface area contributed by atoms with Crippen molar-refractivity contribution in [3.05, 3.63) is 24.0 Å². The quantitative estimate of drug-likeness (QED) is 0.567. The predicted molar refractivity (Wildman–Crippen MR) is 74.5 cm³/mol. The molecular formula is C12H18N4OS. The molecule has 6 heteroatoms. The predicted octanol–water partition coefficient (Wildman–Crippen LogP) is 1.38. The Bertz CT molecular complexity index is 426. The summed E-state index contributed by atoms with van der Waals surface area (Å²) >= 11 is 1.87. The second-order valence-electron chi connectivity index (χ2n) is 4.41. The van der Waals surface area contributed by atoms with E-state index in [1.54, 1.807) is 18.5 Å². The zero-order valence-corrected chi connectivity index (χ0v) is 11.2. The third-order valence-electron chi connectivity index (χ3n) is 3.27. The lowest BCUT2D eigenvalue weighted by Gasteiger charge is -2.14. The molecule has 2 rings (SSSR count). The summed E-state index contributed by atoms with van der Waals surface area (Å²) in [6.45, 7) is 0. The van der Waals surface area contributed by atoms with E-state index in [4.69, 9.17) is 5.84 Å². The average Bonchev–Trinajstić information content (AvgIpc) is 2.86. The smallest absolute Gasteiger partial charge is 0.253 e. The zero-order valence-electron chi connectivity index (χ0n) is 10.3. The molecule has 0 saturated heterocycles. The number of nitrogens with zero attached hydrogens (tertiary/aromatic N) is 1. The molecule has 0 aliphatic heterocycles. The highest BCUT2D eigenvalue weighted by Gasteiger charge is 2.25. The maximum absolute atomic E-state index is 12.1. The number of carbonyl (C=O) groups excluding carboxylic acids is 1. The molecule has 18 heavy (non-hydrogen) atoms. The van der Waals surface area contributed by atoms with Crippen LogP contribution in [0.4, 0.5) is 5.69 Å². The van der Waals surface area contributed by atoms with Crippen molar-refractivity contribution >= 4 is 23.4 Å². The maximum Gasteiger partial charge on any atom is 0.253 e. The SMILES string of the molecule is CSC1CCC(NC(=O)c2ccncc2NN)C1. The molecule has 1 aliphatic carbocycles. The fourth-order valence-electron chi connectivity index (χ4n) is 2.26. The van der Waals surface area contributed by atoms with Crippen LogP contribution in [0.15, 0.2) is 18.5 Å². The molecule has 2 unspecified atom stereocenters. The number of hydrogen-bond acceptors (Lipinski definition) is 5. The molecule has 1 aromatic heterocycles. The van der Waals surface area contributed by atoms with Gasteiger partial charge in [-0.3, -0.25) is 15.6 Å². The molecule has 98 valence electrons. The molecule has 1 aliphatic rings. The maximum atomic E-state index is 12.1. The number of hydrogen-bond donors (Lipinski definition) is 3. The highest BCUT2D eigenvalue weighted by Crippen LogP contribution is 2.28. The van der Waals surface area contributed by atoms with Crippen molar-refractivity contribution < 1.29 is 4.79 Å². The molecule has 1 amide bonds. The molecule has 1 heterocycles. The van der Waals surface area contributed by atoms with Crippen molar-refractivity contribution in [3.63, 3.8) is 0 Å². The van der Waals surface area contributed by atoms with E-state index in [-0.39, 0.29) is 11.9 Å². The van der Waals surface area contributed by atoms with Gasteiger partial charge in [0.15, 0.2) is 0 Å². The topological polar surface area (TPSA) is 80.0 Å². The molecule has 4 N–H and O–H groups in total. The molecule has 5 nitrogen and oxygen atoms in total. The summed E-state index contributed by atoms with van der Waals surface area (Å²) in [5.74, 6) is 5.28. The number of amides is 1. The van der Waals surface area contributed by atoms with Crippen LogP contribution in [-0.2, 0) is 0 Å². The van der Waals surface area contributed by atoms with Crippen molar-refractivity contribution in [2.45, 2.75) is 30.6 Å². The van der Waals surface area contributed by atoms with Crippen LogP contribution in [-0.4, -0.2) is 28.4 Å². The number of thioether (sulfide) groups is 1. The van der Waals surface area contributed by atoms with Gasteiger partial charge in [0.2, 0.25) is 0 Å². The third-order valence-corrected chi connectivity index (χ3v) is 4.37. The largest absolute Gasteiger partial charge is 0.349 e. The van der Waals surface area contributed by atoms with Gasteiger partial charge in [-0.05, 0) is 31.6 Å². The summed E-state index contributed by atoms with van der Waals surface area (Å²) in [6.07, 6.45) is 8.53. The summed E-state index contributed by atoms with van der Waals surface area (Å²) in [7, 11) is 0. The first-order valence-electron chi connectivity index (χ1n) is 5.99. The van der Waals surface area contributed by atoms with Gasteiger partial charge < -0.3 is 10.7 Å². The minimum atomic E-state index is -0.0860. The van der Waals surface area contributed by atoms with Crippen LogP contribution >= 0.6 is 11.8 Å². The Morgan fingerprint density at radius 2 is 2.39 bits per heavy atom. The van der Waals surface area contributed by atoms with Gasteiger partial charge in [0, 0.05) is 17.5 Å². The number of anilines is 1. The summed E-state index contributed by atoms with van der Waals surface area (Å²) in [5, 5.41) is 3.73. The Morgan fingerprint density at radius 3 is 3.06 bits per heavy atom. The van der Waals surface area contributed by atoms with E-state index in [1.807, 2.05) is 11.8 Å². The van der Waals surface area contributed by atoms with E-state index in [9.17, 15) is 4.79 Å². The summed E-state index contributed by atoms with van der Waals surface area (Å²) in [4.78, 5) is 16.1. The third kappa shape index (κ3) is 2.94. The number of nitrogens with one attached hydrogen (secondary N) is 2.